The zero-order valence-corrected chi connectivity index (χ0v) is 22.8. The van der Waals surface area contributed by atoms with Crippen molar-refractivity contribution in [1.82, 2.24) is 14.5 Å². The maximum absolute atomic E-state index is 16.8. The summed E-state index contributed by atoms with van der Waals surface area (Å²) in [7, 11) is 0. The van der Waals surface area contributed by atoms with E-state index in [0.29, 0.717) is 46.0 Å². The van der Waals surface area contributed by atoms with Gasteiger partial charge >= 0.3 is 0 Å². The molecule has 0 aliphatic carbocycles. The van der Waals surface area contributed by atoms with Gasteiger partial charge in [-0.3, -0.25) is 9.69 Å². The predicted molar refractivity (Wildman–Crippen MR) is 151 cm³/mol. The van der Waals surface area contributed by atoms with E-state index in [2.05, 4.69) is 14.8 Å². The molecular formula is C30H37FN4O3. The smallest absolute Gasteiger partial charge is 0.199 e. The van der Waals surface area contributed by atoms with Gasteiger partial charge in [-0.15, -0.1) is 0 Å². The van der Waals surface area contributed by atoms with Gasteiger partial charge in [0, 0.05) is 49.2 Å². The Balaban J connectivity index is 1.53. The number of aromatic nitrogens is 2. The van der Waals surface area contributed by atoms with Gasteiger partial charge in [0.25, 0.3) is 0 Å². The fraction of sp³-hybridized carbons (Fsp3) is 0.500. The number of aromatic amines is 1. The number of halogens is 1. The van der Waals surface area contributed by atoms with Crippen molar-refractivity contribution in [3.8, 4) is 5.75 Å². The maximum atomic E-state index is 16.8. The number of rotatable bonds is 5. The standard InChI is InChI=1S/C30H37FN4O3/c1-5-38-24-17-22-27(26(31)28(24)34-10-8-20(9-11-34)33-12-14-37-15-13-33)35(18(2)3)30-25(29(22)36)21-7-6-19(4)16-23(21)32-30/h6-7,16-18,20,32H,5,8-15H2,1-4H3. The molecule has 0 saturated carbocycles. The molecule has 0 amide bonds. The molecule has 0 atom stereocenters. The molecule has 6 rings (SSSR count). The summed E-state index contributed by atoms with van der Waals surface area (Å²) in [6, 6.07) is 8.22. The topological polar surface area (TPSA) is 62.7 Å². The number of H-pyrrole nitrogens is 1. The molecule has 7 nitrogen and oxygen atoms in total. The molecule has 2 aromatic carbocycles. The first kappa shape index (κ1) is 25.2. The van der Waals surface area contributed by atoms with Crippen LogP contribution in [0.2, 0.25) is 0 Å². The van der Waals surface area contributed by atoms with Crippen molar-refractivity contribution in [2.45, 2.75) is 52.6 Å². The number of aryl methyl sites for hydroxylation is 1. The van der Waals surface area contributed by atoms with Crippen LogP contribution in [0.4, 0.5) is 10.1 Å². The first-order valence-corrected chi connectivity index (χ1v) is 13.9. The van der Waals surface area contributed by atoms with E-state index >= 15 is 4.39 Å². The molecule has 202 valence electrons. The van der Waals surface area contributed by atoms with Gasteiger partial charge in [0.15, 0.2) is 11.2 Å². The summed E-state index contributed by atoms with van der Waals surface area (Å²) in [5, 5.41) is 1.82. The van der Waals surface area contributed by atoms with Gasteiger partial charge in [-0.2, -0.15) is 0 Å². The van der Waals surface area contributed by atoms with Crippen LogP contribution in [-0.4, -0.2) is 66.5 Å². The van der Waals surface area contributed by atoms with E-state index < -0.39 is 0 Å². The molecule has 0 bridgehead atoms. The van der Waals surface area contributed by atoms with Crippen LogP contribution < -0.4 is 15.1 Å². The Kier molecular flexibility index (Phi) is 6.56. The lowest BCUT2D eigenvalue weighted by molar-refractivity contribution is 0.0114. The average molecular weight is 521 g/mol. The van der Waals surface area contributed by atoms with Crippen LogP contribution >= 0.6 is 0 Å². The van der Waals surface area contributed by atoms with Crippen LogP contribution in [0.25, 0.3) is 32.8 Å². The number of nitrogens with one attached hydrogen (secondary N) is 1. The van der Waals surface area contributed by atoms with E-state index in [1.807, 2.05) is 50.5 Å². The Morgan fingerprint density at radius 2 is 1.84 bits per heavy atom. The highest BCUT2D eigenvalue weighted by Crippen LogP contribution is 2.40. The third-order valence-corrected chi connectivity index (χ3v) is 8.23. The minimum atomic E-state index is -0.377. The van der Waals surface area contributed by atoms with E-state index in [-0.39, 0.29) is 17.3 Å². The lowest BCUT2D eigenvalue weighted by Crippen LogP contribution is -2.49. The highest BCUT2D eigenvalue weighted by atomic mass is 19.1. The summed E-state index contributed by atoms with van der Waals surface area (Å²) < 4.78 is 30.3. The first-order chi connectivity index (χ1) is 18.4. The Hall–Kier alpha value is -3.10. The maximum Gasteiger partial charge on any atom is 0.199 e. The molecule has 8 heteroatoms. The molecule has 1 N–H and O–H groups in total. The zero-order chi connectivity index (χ0) is 26.6. The second-order valence-electron chi connectivity index (χ2n) is 10.9. The Morgan fingerprint density at radius 3 is 2.53 bits per heavy atom. The van der Waals surface area contributed by atoms with Crippen molar-refractivity contribution >= 4 is 38.5 Å². The Labute approximate surface area is 222 Å². The third-order valence-electron chi connectivity index (χ3n) is 8.23. The molecule has 4 heterocycles. The number of ether oxygens (including phenoxy) is 2. The normalized spacial score (nSPS) is 17.9. The Morgan fingerprint density at radius 1 is 1.11 bits per heavy atom. The van der Waals surface area contributed by atoms with E-state index in [4.69, 9.17) is 9.47 Å². The summed E-state index contributed by atoms with van der Waals surface area (Å²) in [4.78, 5) is 22.0. The van der Waals surface area contributed by atoms with Crippen LogP contribution in [0, 0.1) is 12.7 Å². The number of anilines is 1. The summed E-state index contributed by atoms with van der Waals surface area (Å²) >= 11 is 0. The fourth-order valence-electron chi connectivity index (χ4n) is 6.44. The van der Waals surface area contributed by atoms with Gasteiger partial charge in [-0.05, 0) is 58.2 Å². The van der Waals surface area contributed by atoms with Crippen molar-refractivity contribution in [2.24, 2.45) is 0 Å². The van der Waals surface area contributed by atoms with Crippen molar-refractivity contribution in [3.05, 3.63) is 45.9 Å². The summed E-state index contributed by atoms with van der Waals surface area (Å²) in [5.41, 5.74) is 3.30. The van der Waals surface area contributed by atoms with Gasteiger partial charge in [-0.25, -0.2) is 4.39 Å². The molecule has 2 fully saturated rings. The second kappa shape index (κ2) is 9.89. The fourth-order valence-corrected chi connectivity index (χ4v) is 6.44. The van der Waals surface area contributed by atoms with Gasteiger partial charge in [0.2, 0.25) is 0 Å². The van der Waals surface area contributed by atoms with E-state index in [1.165, 1.54) is 0 Å². The zero-order valence-electron chi connectivity index (χ0n) is 22.8. The third kappa shape index (κ3) is 4.05. The number of piperidine rings is 1. The van der Waals surface area contributed by atoms with E-state index in [0.717, 1.165) is 68.7 Å². The van der Waals surface area contributed by atoms with Crippen LogP contribution in [0.1, 0.15) is 45.2 Å². The van der Waals surface area contributed by atoms with Crippen molar-refractivity contribution < 1.29 is 13.9 Å². The lowest BCUT2D eigenvalue weighted by atomic mass is 10.0. The SMILES string of the molecule is CCOc1cc2c(=O)c3c4ccc(C)cc4[nH]c3n(C(C)C)c2c(F)c1N1CCC(N2CCOCC2)CC1. The van der Waals surface area contributed by atoms with Gasteiger partial charge < -0.3 is 23.9 Å². The largest absolute Gasteiger partial charge is 0.492 e. The number of hydrogen-bond donors (Lipinski definition) is 1. The number of nitrogens with zero attached hydrogens (tertiary/aromatic N) is 3. The second-order valence-corrected chi connectivity index (χ2v) is 10.9. The van der Waals surface area contributed by atoms with Gasteiger partial charge in [-0.1, -0.05) is 12.1 Å². The lowest BCUT2D eigenvalue weighted by Gasteiger charge is -2.41. The van der Waals surface area contributed by atoms with E-state index in [1.54, 1.807) is 6.07 Å². The molecule has 0 spiro atoms. The highest BCUT2D eigenvalue weighted by Gasteiger charge is 2.31. The highest BCUT2D eigenvalue weighted by molar-refractivity contribution is 6.10. The molecule has 2 aliphatic rings. The number of hydrogen-bond acceptors (Lipinski definition) is 5. The van der Waals surface area contributed by atoms with Crippen molar-refractivity contribution in [3.63, 3.8) is 0 Å². The van der Waals surface area contributed by atoms with E-state index in [9.17, 15) is 4.79 Å². The molecule has 0 unspecified atom stereocenters. The molecule has 2 aliphatic heterocycles. The molecule has 4 aromatic rings. The van der Waals surface area contributed by atoms with Crippen LogP contribution in [0.5, 0.6) is 5.75 Å². The van der Waals surface area contributed by atoms with Gasteiger partial charge in [0.1, 0.15) is 17.1 Å². The Bertz CT molecular complexity index is 1560. The number of pyridine rings is 1. The van der Waals surface area contributed by atoms with Crippen LogP contribution in [0.3, 0.4) is 0 Å². The summed E-state index contributed by atoms with van der Waals surface area (Å²) in [5.74, 6) is 0.0723. The molecular weight excluding hydrogens is 483 g/mol. The minimum Gasteiger partial charge on any atom is -0.492 e. The summed E-state index contributed by atoms with van der Waals surface area (Å²) in [6.45, 7) is 13.3. The minimum absolute atomic E-state index is 0.0675. The van der Waals surface area contributed by atoms with Crippen LogP contribution in [0.15, 0.2) is 29.1 Å². The number of benzene rings is 2. The molecule has 2 aromatic heterocycles. The molecule has 38 heavy (non-hydrogen) atoms. The first-order valence-electron chi connectivity index (χ1n) is 13.9. The summed E-state index contributed by atoms with van der Waals surface area (Å²) in [6.07, 6.45) is 1.92. The average Bonchev–Trinajstić information content (AvgIpc) is 3.28. The number of fused-ring (bicyclic) bond motifs is 4. The van der Waals surface area contributed by atoms with Gasteiger partial charge in [0.05, 0.1) is 36.1 Å². The molecule has 2 saturated heterocycles. The monoisotopic (exact) mass is 520 g/mol. The predicted octanol–water partition coefficient (Wildman–Crippen LogP) is 5.36. The van der Waals surface area contributed by atoms with Crippen molar-refractivity contribution in [2.75, 3.05) is 50.9 Å². The molecule has 0 radical (unpaired) electrons. The number of morpholine rings is 1. The quantitative estimate of drug-likeness (QED) is 0.384. The van der Waals surface area contributed by atoms with Crippen molar-refractivity contribution in [1.29, 1.82) is 0 Å². The van der Waals surface area contributed by atoms with Crippen LogP contribution in [-0.2, 0) is 4.74 Å².